The molecule has 0 amide bonds. The third kappa shape index (κ3) is 3.11. The minimum atomic E-state index is -0.578. The summed E-state index contributed by atoms with van der Waals surface area (Å²) in [6.07, 6.45) is 3.41. The maximum absolute atomic E-state index is 10.1. The fourth-order valence-corrected chi connectivity index (χ4v) is 4.81. The van der Waals surface area contributed by atoms with E-state index in [9.17, 15) is 10.4 Å². The van der Waals surface area contributed by atoms with E-state index in [0.29, 0.717) is 5.75 Å². The molecule has 2 aromatic carbocycles. The van der Waals surface area contributed by atoms with Crippen LogP contribution < -0.4 is 19.1 Å². The number of benzene rings is 2. The predicted octanol–water partition coefficient (Wildman–Crippen LogP) is 3.79. The summed E-state index contributed by atoms with van der Waals surface area (Å²) in [4.78, 5) is 2.41. The van der Waals surface area contributed by atoms with Gasteiger partial charge in [-0.1, -0.05) is 6.07 Å². The Labute approximate surface area is 171 Å². The molecule has 1 aliphatic heterocycles. The Kier molecular flexibility index (Phi) is 4.91. The summed E-state index contributed by atoms with van der Waals surface area (Å²) in [5.74, 6) is 1.98. The van der Waals surface area contributed by atoms with E-state index in [4.69, 9.17) is 14.2 Å². The second kappa shape index (κ2) is 7.40. The van der Waals surface area contributed by atoms with Gasteiger partial charge in [-0.15, -0.1) is 0 Å². The van der Waals surface area contributed by atoms with Gasteiger partial charge in [0.2, 0.25) is 0 Å². The summed E-state index contributed by atoms with van der Waals surface area (Å²) in [5, 5.41) is 20.0. The van der Waals surface area contributed by atoms with Crippen molar-refractivity contribution < 1.29 is 19.3 Å². The third-order valence-corrected chi connectivity index (χ3v) is 6.39. The molecule has 0 aromatic heterocycles. The Hall–Kier alpha value is -3.07. The maximum Gasteiger partial charge on any atom is 0.162 e. The molecule has 1 aliphatic carbocycles. The van der Waals surface area contributed by atoms with Crippen molar-refractivity contribution in [2.75, 3.05) is 32.8 Å². The SMILES string of the molecule is COc1cc(C2(C#N)CCC(N3CCc4cc(OC)c(OC)cc43)C2)ccc1O. The van der Waals surface area contributed by atoms with Gasteiger partial charge in [0.1, 0.15) is 0 Å². The standard InChI is InChI=1S/C23H26N2O4/c1-27-20-11-16(4-5-19(20)26)23(14-24)8-6-17(13-23)25-9-7-15-10-21(28-2)22(29-3)12-18(15)25/h4-5,10-12,17,26H,6-9,13H2,1-3H3. The summed E-state index contributed by atoms with van der Waals surface area (Å²) < 4.78 is 16.2. The van der Waals surface area contributed by atoms with E-state index in [2.05, 4.69) is 23.1 Å². The Bertz CT molecular complexity index is 968. The second-order valence-electron chi connectivity index (χ2n) is 7.76. The highest BCUT2D eigenvalue weighted by Gasteiger charge is 2.44. The first-order chi connectivity index (χ1) is 14.0. The van der Waals surface area contributed by atoms with Gasteiger partial charge in [-0.05, 0) is 55.0 Å². The molecular weight excluding hydrogens is 368 g/mol. The molecule has 2 aliphatic rings. The third-order valence-electron chi connectivity index (χ3n) is 6.39. The fourth-order valence-electron chi connectivity index (χ4n) is 4.81. The molecule has 0 saturated heterocycles. The van der Waals surface area contributed by atoms with Crippen LogP contribution in [0, 0.1) is 11.3 Å². The van der Waals surface area contributed by atoms with Gasteiger partial charge in [-0.3, -0.25) is 0 Å². The van der Waals surface area contributed by atoms with Crippen LogP contribution in [-0.4, -0.2) is 39.0 Å². The molecule has 2 unspecified atom stereocenters. The molecule has 0 spiro atoms. The van der Waals surface area contributed by atoms with Crippen molar-refractivity contribution >= 4 is 5.69 Å². The lowest BCUT2D eigenvalue weighted by molar-refractivity contribution is 0.355. The van der Waals surface area contributed by atoms with Gasteiger partial charge in [0.05, 0.1) is 32.8 Å². The quantitative estimate of drug-likeness (QED) is 0.832. The van der Waals surface area contributed by atoms with Gasteiger partial charge in [-0.25, -0.2) is 0 Å². The van der Waals surface area contributed by atoms with Crippen LogP contribution >= 0.6 is 0 Å². The highest BCUT2D eigenvalue weighted by Crippen LogP contribution is 2.48. The van der Waals surface area contributed by atoms with Crippen molar-refractivity contribution in [3.63, 3.8) is 0 Å². The Morgan fingerprint density at radius 2 is 1.79 bits per heavy atom. The molecule has 1 N–H and O–H groups in total. The number of methoxy groups -OCH3 is 3. The molecule has 0 radical (unpaired) electrons. The first-order valence-electron chi connectivity index (χ1n) is 9.85. The highest BCUT2D eigenvalue weighted by molar-refractivity contribution is 5.66. The molecule has 2 atom stereocenters. The van der Waals surface area contributed by atoms with Crippen LogP contribution in [0.4, 0.5) is 5.69 Å². The molecule has 6 heteroatoms. The Morgan fingerprint density at radius 1 is 1.07 bits per heavy atom. The number of phenolic OH excluding ortho intramolecular Hbond substituents is 1. The van der Waals surface area contributed by atoms with Gasteiger partial charge >= 0.3 is 0 Å². The number of nitrogens with zero attached hydrogens (tertiary/aromatic N) is 2. The molecule has 1 fully saturated rings. The van der Waals surface area contributed by atoms with E-state index >= 15 is 0 Å². The molecule has 1 saturated carbocycles. The van der Waals surface area contributed by atoms with Crippen molar-refractivity contribution in [2.45, 2.75) is 37.1 Å². The number of hydrogen-bond donors (Lipinski definition) is 1. The van der Waals surface area contributed by atoms with Crippen molar-refractivity contribution in [1.29, 1.82) is 5.26 Å². The van der Waals surface area contributed by atoms with Gasteiger partial charge in [-0.2, -0.15) is 5.26 Å². The van der Waals surface area contributed by atoms with Gasteiger partial charge in [0.25, 0.3) is 0 Å². The number of rotatable bonds is 5. The molecule has 1 heterocycles. The van der Waals surface area contributed by atoms with Gasteiger partial charge < -0.3 is 24.2 Å². The Morgan fingerprint density at radius 3 is 2.48 bits per heavy atom. The number of fused-ring (bicyclic) bond motifs is 1. The monoisotopic (exact) mass is 394 g/mol. The summed E-state index contributed by atoms with van der Waals surface area (Å²) in [7, 11) is 4.83. The molecule has 4 rings (SSSR count). The average Bonchev–Trinajstić information content (AvgIpc) is 3.37. The van der Waals surface area contributed by atoms with E-state index < -0.39 is 5.41 Å². The lowest BCUT2D eigenvalue weighted by Crippen LogP contribution is -2.33. The zero-order chi connectivity index (χ0) is 20.6. The lowest BCUT2D eigenvalue weighted by Gasteiger charge is -2.29. The summed E-state index contributed by atoms with van der Waals surface area (Å²) in [6.45, 7) is 0.927. The first-order valence-corrected chi connectivity index (χ1v) is 9.85. The zero-order valence-electron chi connectivity index (χ0n) is 17.1. The predicted molar refractivity (Wildman–Crippen MR) is 110 cm³/mol. The van der Waals surface area contributed by atoms with Gasteiger partial charge in [0, 0.05) is 24.3 Å². The van der Waals surface area contributed by atoms with Crippen molar-refractivity contribution in [2.24, 2.45) is 0 Å². The number of nitriles is 1. The normalized spacial score (nSPS) is 22.8. The largest absolute Gasteiger partial charge is 0.504 e. The zero-order valence-corrected chi connectivity index (χ0v) is 17.1. The first kappa shape index (κ1) is 19.3. The topological polar surface area (TPSA) is 75.0 Å². The van der Waals surface area contributed by atoms with Crippen molar-refractivity contribution in [1.82, 2.24) is 0 Å². The van der Waals surface area contributed by atoms with Crippen molar-refractivity contribution in [3.05, 3.63) is 41.5 Å². The smallest absolute Gasteiger partial charge is 0.162 e. The number of ether oxygens (including phenoxy) is 3. The van der Waals surface area contributed by atoms with E-state index in [1.165, 1.54) is 18.4 Å². The van der Waals surface area contributed by atoms with E-state index in [1.807, 2.05) is 6.07 Å². The number of anilines is 1. The molecule has 152 valence electrons. The lowest BCUT2D eigenvalue weighted by atomic mass is 9.80. The Balaban J connectivity index is 1.63. The number of phenols is 1. The summed E-state index contributed by atoms with van der Waals surface area (Å²) >= 11 is 0. The van der Waals surface area contributed by atoms with Gasteiger partial charge in [0.15, 0.2) is 23.0 Å². The van der Waals surface area contributed by atoms with E-state index in [1.54, 1.807) is 26.4 Å². The fraction of sp³-hybridized carbons (Fsp3) is 0.435. The second-order valence-corrected chi connectivity index (χ2v) is 7.76. The van der Waals surface area contributed by atoms with Crippen LogP contribution in [0.5, 0.6) is 23.0 Å². The van der Waals surface area contributed by atoms with Crippen LogP contribution in [0.2, 0.25) is 0 Å². The van der Waals surface area contributed by atoms with Crippen LogP contribution in [0.25, 0.3) is 0 Å². The highest BCUT2D eigenvalue weighted by atomic mass is 16.5. The number of aromatic hydroxyl groups is 1. The summed E-state index contributed by atoms with van der Waals surface area (Å²) in [6, 6.07) is 12.2. The molecule has 0 bridgehead atoms. The minimum Gasteiger partial charge on any atom is -0.504 e. The minimum absolute atomic E-state index is 0.0911. The van der Waals surface area contributed by atoms with Crippen LogP contribution in [0.3, 0.4) is 0 Å². The van der Waals surface area contributed by atoms with E-state index in [-0.39, 0.29) is 11.8 Å². The van der Waals surface area contributed by atoms with Crippen LogP contribution in [0.15, 0.2) is 30.3 Å². The maximum atomic E-state index is 10.1. The molecule has 2 aromatic rings. The number of hydrogen-bond acceptors (Lipinski definition) is 6. The molecule has 6 nitrogen and oxygen atoms in total. The van der Waals surface area contributed by atoms with Crippen molar-refractivity contribution in [3.8, 4) is 29.1 Å². The van der Waals surface area contributed by atoms with E-state index in [0.717, 1.165) is 49.3 Å². The van der Waals surface area contributed by atoms with Crippen LogP contribution in [0.1, 0.15) is 30.4 Å². The summed E-state index contributed by atoms with van der Waals surface area (Å²) in [5.41, 5.74) is 2.75. The average molecular weight is 394 g/mol. The van der Waals surface area contributed by atoms with Crippen LogP contribution in [-0.2, 0) is 11.8 Å². The molecular formula is C23H26N2O4. The molecule has 29 heavy (non-hydrogen) atoms.